The maximum absolute atomic E-state index is 12.8. The van der Waals surface area contributed by atoms with E-state index < -0.39 is 5.97 Å². The molecular formula is C24H26N2O5. The molecule has 0 unspecified atom stereocenters. The lowest BCUT2D eigenvalue weighted by Gasteiger charge is -2.22. The molecular weight excluding hydrogens is 396 g/mol. The van der Waals surface area contributed by atoms with Crippen LogP contribution in [0.1, 0.15) is 41.6 Å². The van der Waals surface area contributed by atoms with E-state index in [4.69, 9.17) is 9.47 Å². The van der Waals surface area contributed by atoms with Crippen molar-refractivity contribution in [1.29, 1.82) is 0 Å². The molecule has 162 valence electrons. The highest BCUT2D eigenvalue weighted by Crippen LogP contribution is 2.29. The number of hydrogen-bond acceptors (Lipinski definition) is 5. The number of anilines is 1. The summed E-state index contributed by atoms with van der Waals surface area (Å²) in [5.41, 5.74) is 2.01. The summed E-state index contributed by atoms with van der Waals surface area (Å²) < 4.78 is 10.5. The number of amides is 2. The Morgan fingerprint density at radius 3 is 2.55 bits per heavy atom. The molecule has 7 heteroatoms. The van der Waals surface area contributed by atoms with Gasteiger partial charge in [0.2, 0.25) is 5.91 Å². The Kier molecular flexibility index (Phi) is 6.21. The van der Waals surface area contributed by atoms with E-state index in [1.54, 1.807) is 41.2 Å². The average Bonchev–Trinajstić information content (AvgIpc) is 3.55. The van der Waals surface area contributed by atoms with Crippen LogP contribution in [0.15, 0.2) is 48.5 Å². The summed E-state index contributed by atoms with van der Waals surface area (Å²) in [5.74, 6) is 0.0405. The third-order valence-electron chi connectivity index (χ3n) is 5.61. The van der Waals surface area contributed by atoms with Crippen molar-refractivity contribution in [1.82, 2.24) is 4.90 Å². The largest absolute Gasteiger partial charge is 0.497 e. The minimum absolute atomic E-state index is 0.0549. The van der Waals surface area contributed by atoms with E-state index in [-0.39, 0.29) is 24.5 Å². The highest BCUT2D eigenvalue weighted by molar-refractivity contribution is 5.97. The van der Waals surface area contributed by atoms with Crippen LogP contribution >= 0.6 is 0 Å². The molecule has 2 aliphatic rings. The van der Waals surface area contributed by atoms with E-state index in [2.05, 4.69) is 0 Å². The molecule has 0 atom stereocenters. The second kappa shape index (κ2) is 9.20. The Labute approximate surface area is 181 Å². The van der Waals surface area contributed by atoms with Crippen LogP contribution in [0.5, 0.6) is 5.75 Å². The van der Waals surface area contributed by atoms with Gasteiger partial charge in [0.05, 0.1) is 12.7 Å². The quantitative estimate of drug-likeness (QED) is 0.611. The zero-order valence-corrected chi connectivity index (χ0v) is 17.6. The second-order valence-corrected chi connectivity index (χ2v) is 7.88. The molecule has 2 fully saturated rings. The zero-order valence-electron chi connectivity index (χ0n) is 17.6. The summed E-state index contributed by atoms with van der Waals surface area (Å²) in [5, 5.41) is 0. The van der Waals surface area contributed by atoms with Crippen molar-refractivity contribution in [3.8, 4) is 5.75 Å². The molecule has 0 N–H and O–H groups in total. The predicted molar refractivity (Wildman–Crippen MR) is 115 cm³/mol. The minimum atomic E-state index is -0.568. The average molecular weight is 422 g/mol. The fourth-order valence-corrected chi connectivity index (χ4v) is 3.75. The van der Waals surface area contributed by atoms with Crippen molar-refractivity contribution in [2.75, 3.05) is 25.2 Å². The molecule has 1 aliphatic carbocycles. The number of hydrogen-bond donors (Lipinski definition) is 0. The first-order valence-corrected chi connectivity index (χ1v) is 10.5. The van der Waals surface area contributed by atoms with E-state index in [0.29, 0.717) is 30.8 Å². The number of esters is 1. The number of rotatable bonds is 8. The molecule has 31 heavy (non-hydrogen) atoms. The summed E-state index contributed by atoms with van der Waals surface area (Å²) >= 11 is 0. The first kappa shape index (κ1) is 20.9. The molecule has 0 spiro atoms. The van der Waals surface area contributed by atoms with Gasteiger partial charge < -0.3 is 19.3 Å². The van der Waals surface area contributed by atoms with Gasteiger partial charge in [-0.25, -0.2) is 4.79 Å². The Bertz CT molecular complexity index is 968. The fraction of sp³-hybridized carbons (Fsp3) is 0.375. The molecule has 1 saturated heterocycles. The van der Waals surface area contributed by atoms with Gasteiger partial charge in [0.15, 0.2) is 6.61 Å². The van der Waals surface area contributed by atoms with Crippen molar-refractivity contribution in [3.05, 3.63) is 59.7 Å². The Morgan fingerprint density at radius 2 is 1.90 bits per heavy atom. The molecule has 2 aromatic rings. The van der Waals surface area contributed by atoms with Gasteiger partial charge in [-0.1, -0.05) is 18.2 Å². The molecule has 2 aromatic carbocycles. The second-order valence-electron chi connectivity index (χ2n) is 7.88. The number of benzene rings is 2. The monoisotopic (exact) mass is 422 g/mol. The summed E-state index contributed by atoms with van der Waals surface area (Å²) in [6, 6.07) is 14.6. The van der Waals surface area contributed by atoms with Gasteiger partial charge in [0.1, 0.15) is 5.75 Å². The van der Waals surface area contributed by atoms with E-state index in [0.717, 1.165) is 30.6 Å². The summed E-state index contributed by atoms with van der Waals surface area (Å²) in [6.45, 7) is 0.813. The molecule has 4 rings (SSSR count). The number of nitrogens with zero attached hydrogens (tertiary/aromatic N) is 2. The summed E-state index contributed by atoms with van der Waals surface area (Å²) in [6.07, 6.45) is 3.26. The molecule has 1 heterocycles. The Morgan fingerprint density at radius 1 is 1.13 bits per heavy atom. The molecule has 0 bridgehead atoms. The van der Waals surface area contributed by atoms with Crippen molar-refractivity contribution in [2.24, 2.45) is 0 Å². The van der Waals surface area contributed by atoms with E-state index in [9.17, 15) is 14.4 Å². The Balaban J connectivity index is 1.36. The van der Waals surface area contributed by atoms with E-state index >= 15 is 0 Å². The molecule has 7 nitrogen and oxygen atoms in total. The van der Waals surface area contributed by atoms with Crippen molar-refractivity contribution >= 4 is 23.5 Å². The van der Waals surface area contributed by atoms with Crippen molar-refractivity contribution < 1.29 is 23.9 Å². The number of carbonyl (C=O) groups excluding carboxylic acids is 3. The lowest BCUT2D eigenvalue weighted by atomic mass is 10.2. The van der Waals surface area contributed by atoms with Crippen molar-refractivity contribution in [2.45, 2.75) is 38.3 Å². The maximum Gasteiger partial charge on any atom is 0.338 e. The van der Waals surface area contributed by atoms with Gasteiger partial charge in [-0.2, -0.15) is 0 Å². The van der Waals surface area contributed by atoms with Crippen LogP contribution in [0.2, 0.25) is 0 Å². The SMILES string of the molecule is COc1ccc(CN(C(=O)COC(=O)c2cccc(N3CCCC3=O)c2)C2CC2)cc1. The highest BCUT2D eigenvalue weighted by atomic mass is 16.5. The number of carbonyl (C=O) groups is 3. The number of ether oxygens (including phenoxy) is 2. The molecule has 0 aromatic heterocycles. The van der Waals surface area contributed by atoms with Gasteiger partial charge in [-0.15, -0.1) is 0 Å². The van der Waals surface area contributed by atoms with Gasteiger partial charge >= 0.3 is 5.97 Å². The molecule has 1 aliphatic heterocycles. The topological polar surface area (TPSA) is 76.2 Å². The number of methoxy groups -OCH3 is 1. The van der Waals surface area contributed by atoms with Crippen LogP contribution in [0.3, 0.4) is 0 Å². The standard InChI is InChI=1S/C24H26N2O5/c1-30-21-11-7-17(8-12-21)15-26(19-9-10-19)23(28)16-31-24(29)18-4-2-5-20(14-18)25-13-3-6-22(25)27/h2,4-5,7-8,11-12,14,19H,3,6,9-10,13,15-16H2,1H3. The van der Waals surface area contributed by atoms with Crippen LogP contribution in [0.4, 0.5) is 5.69 Å². The van der Waals surface area contributed by atoms with Gasteiger partial charge in [0.25, 0.3) is 5.91 Å². The van der Waals surface area contributed by atoms with Gasteiger partial charge in [0, 0.05) is 31.2 Å². The van der Waals surface area contributed by atoms with Crippen LogP contribution in [-0.4, -0.2) is 49.0 Å². The summed E-state index contributed by atoms with van der Waals surface area (Å²) in [7, 11) is 1.61. The third kappa shape index (κ3) is 5.05. The summed E-state index contributed by atoms with van der Waals surface area (Å²) in [4.78, 5) is 40.7. The molecule has 2 amide bonds. The first-order chi connectivity index (χ1) is 15.0. The van der Waals surface area contributed by atoms with E-state index in [1.807, 2.05) is 24.3 Å². The maximum atomic E-state index is 12.8. The first-order valence-electron chi connectivity index (χ1n) is 10.5. The smallest absolute Gasteiger partial charge is 0.338 e. The Hall–Kier alpha value is -3.35. The molecule has 1 saturated carbocycles. The predicted octanol–water partition coefficient (Wildman–Crippen LogP) is 3.17. The van der Waals surface area contributed by atoms with Crippen LogP contribution in [-0.2, 0) is 20.9 Å². The van der Waals surface area contributed by atoms with Crippen LogP contribution < -0.4 is 9.64 Å². The van der Waals surface area contributed by atoms with Crippen molar-refractivity contribution in [3.63, 3.8) is 0 Å². The highest BCUT2D eigenvalue weighted by Gasteiger charge is 2.33. The lowest BCUT2D eigenvalue weighted by molar-refractivity contribution is -0.135. The minimum Gasteiger partial charge on any atom is -0.497 e. The fourth-order valence-electron chi connectivity index (χ4n) is 3.75. The normalized spacial score (nSPS) is 15.6. The molecule has 0 radical (unpaired) electrons. The third-order valence-corrected chi connectivity index (χ3v) is 5.61. The lowest BCUT2D eigenvalue weighted by Crippen LogP contribution is -2.36. The van der Waals surface area contributed by atoms with Crippen LogP contribution in [0, 0.1) is 0 Å². The zero-order chi connectivity index (χ0) is 21.8. The van der Waals surface area contributed by atoms with Gasteiger partial charge in [-0.05, 0) is 55.2 Å². The van der Waals surface area contributed by atoms with Gasteiger partial charge in [-0.3, -0.25) is 9.59 Å². The van der Waals surface area contributed by atoms with E-state index in [1.165, 1.54) is 0 Å². The van der Waals surface area contributed by atoms with Crippen LogP contribution in [0.25, 0.3) is 0 Å².